The van der Waals surface area contributed by atoms with Crippen LogP contribution in [0.3, 0.4) is 0 Å². The fraction of sp³-hybridized carbons (Fsp3) is 0.360. The number of nitrogens with zero attached hydrogens (tertiary/aromatic N) is 3. The Balaban J connectivity index is 1.23. The summed E-state index contributed by atoms with van der Waals surface area (Å²) < 4.78 is 45.6. The van der Waals surface area contributed by atoms with Crippen molar-refractivity contribution in [1.82, 2.24) is 14.5 Å². The van der Waals surface area contributed by atoms with E-state index in [1.807, 2.05) is 29.9 Å². The highest BCUT2D eigenvalue weighted by Gasteiger charge is 2.30. The summed E-state index contributed by atoms with van der Waals surface area (Å²) in [7, 11) is 1.98. The molecule has 34 heavy (non-hydrogen) atoms. The maximum atomic E-state index is 12.7. The van der Waals surface area contributed by atoms with Crippen LogP contribution >= 0.6 is 11.8 Å². The van der Waals surface area contributed by atoms with Crippen LogP contribution in [0.25, 0.3) is 0 Å². The summed E-state index contributed by atoms with van der Waals surface area (Å²) in [6, 6.07) is 12.2. The molecule has 2 heterocycles. The van der Waals surface area contributed by atoms with Gasteiger partial charge in [0.2, 0.25) is 0 Å². The summed E-state index contributed by atoms with van der Waals surface area (Å²) >= 11 is 1.74. The summed E-state index contributed by atoms with van der Waals surface area (Å²) in [6.45, 7) is 1.33. The molecular weight excluding hydrogens is 463 g/mol. The van der Waals surface area contributed by atoms with Crippen LogP contribution in [0.2, 0.25) is 0 Å². The van der Waals surface area contributed by atoms with Gasteiger partial charge >= 0.3 is 12.3 Å². The zero-order valence-electron chi connectivity index (χ0n) is 18.8. The van der Waals surface area contributed by atoms with E-state index in [4.69, 9.17) is 4.74 Å². The Morgan fingerprint density at radius 1 is 1.06 bits per heavy atom. The Bertz CT molecular complexity index is 1090. The second-order valence-electron chi connectivity index (χ2n) is 8.45. The Labute approximate surface area is 200 Å². The van der Waals surface area contributed by atoms with Gasteiger partial charge in [-0.25, -0.2) is 9.78 Å². The molecule has 3 aromatic rings. The number of benzene rings is 2. The van der Waals surface area contributed by atoms with Gasteiger partial charge in [0.15, 0.2) is 5.16 Å². The molecule has 0 spiro atoms. The number of hydrogen-bond acceptors (Lipinski definition) is 4. The highest BCUT2D eigenvalue weighted by Crippen LogP contribution is 2.30. The van der Waals surface area contributed by atoms with Crippen LogP contribution in [0, 0.1) is 5.92 Å². The van der Waals surface area contributed by atoms with Gasteiger partial charge in [0.1, 0.15) is 5.75 Å². The molecule has 0 atom stereocenters. The van der Waals surface area contributed by atoms with Crippen molar-refractivity contribution >= 4 is 17.9 Å². The third kappa shape index (κ3) is 6.34. The lowest BCUT2D eigenvalue weighted by Crippen LogP contribution is -2.40. The number of carbonyl (C=O) groups is 1. The van der Waals surface area contributed by atoms with E-state index < -0.39 is 11.7 Å². The Hall–Kier alpha value is -2.94. The van der Waals surface area contributed by atoms with Gasteiger partial charge in [0.05, 0.1) is 5.56 Å². The molecule has 2 aromatic carbocycles. The molecule has 0 bridgehead atoms. The summed E-state index contributed by atoms with van der Waals surface area (Å²) in [4.78, 5) is 18.6. The largest absolute Gasteiger partial charge is 0.416 e. The molecule has 180 valence electrons. The zero-order chi connectivity index (χ0) is 24.1. The highest BCUT2D eigenvalue weighted by atomic mass is 32.2. The summed E-state index contributed by atoms with van der Waals surface area (Å²) in [5.41, 5.74) is 1.04. The van der Waals surface area contributed by atoms with Gasteiger partial charge in [-0.1, -0.05) is 36.0 Å². The Kier molecular flexibility index (Phi) is 7.50. The number of alkyl halides is 3. The molecule has 4 rings (SSSR count). The molecule has 0 saturated carbocycles. The number of halogens is 3. The molecule has 1 aliphatic rings. The first kappa shape index (κ1) is 24.2. The predicted molar refractivity (Wildman–Crippen MR) is 125 cm³/mol. The predicted octanol–water partition coefficient (Wildman–Crippen LogP) is 6.03. The van der Waals surface area contributed by atoms with Gasteiger partial charge in [0, 0.05) is 38.3 Å². The molecule has 0 N–H and O–H groups in total. The SMILES string of the molecule is Cn1ccnc1SCC1CCN(C(=O)Oc2ccc(Cc3ccc(C(F)(F)F)cc3)cc2)CC1. The second kappa shape index (κ2) is 10.5. The molecular formula is C25H26F3N3O2S. The lowest BCUT2D eigenvalue weighted by Gasteiger charge is -2.31. The number of rotatable bonds is 6. The van der Waals surface area contributed by atoms with E-state index in [0.717, 1.165) is 47.0 Å². The lowest BCUT2D eigenvalue weighted by molar-refractivity contribution is -0.137. The number of aromatic nitrogens is 2. The first-order valence-corrected chi connectivity index (χ1v) is 12.1. The Morgan fingerprint density at radius 2 is 1.68 bits per heavy atom. The van der Waals surface area contributed by atoms with Crippen molar-refractivity contribution < 1.29 is 22.7 Å². The van der Waals surface area contributed by atoms with Crippen LogP contribution in [0.15, 0.2) is 66.1 Å². The molecule has 0 unspecified atom stereocenters. The number of thioether (sulfide) groups is 1. The topological polar surface area (TPSA) is 47.4 Å². The van der Waals surface area contributed by atoms with Crippen molar-refractivity contribution in [3.05, 3.63) is 77.6 Å². The van der Waals surface area contributed by atoms with Gasteiger partial charge < -0.3 is 14.2 Å². The van der Waals surface area contributed by atoms with Crippen LogP contribution in [-0.2, 0) is 19.6 Å². The van der Waals surface area contributed by atoms with Crippen LogP contribution in [0.4, 0.5) is 18.0 Å². The van der Waals surface area contributed by atoms with E-state index in [1.165, 1.54) is 12.1 Å². The van der Waals surface area contributed by atoms with Crippen LogP contribution in [-0.4, -0.2) is 39.4 Å². The van der Waals surface area contributed by atoms with Gasteiger partial charge in [-0.15, -0.1) is 0 Å². The van der Waals surface area contributed by atoms with Crippen LogP contribution in [0.1, 0.15) is 29.5 Å². The number of hydrogen-bond donors (Lipinski definition) is 0. The monoisotopic (exact) mass is 489 g/mol. The maximum absolute atomic E-state index is 12.7. The molecule has 9 heteroatoms. The number of imidazole rings is 1. The number of carbonyl (C=O) groups excluding carboxylic acids is 1. The van der Waals surface area contributed by atoms with E-state index in [1.54, 1.807) is 35.0 Å². The standard InChI is InChI=1S/C25H26F3N3O2S/c1-30-15-12-29-23(30)34-17-20-10-13-31(14-11-20)24(32)33-22-8-4-19(5-9-22)16-18-2-6-21(7-3-18)25(26,27)28/h2-9,12,15,20H,10-11,13-14,16-17H2,1H3. The zero-order valence-corrected chi connectivity index (χ0v) is 19.6. The Morgan fingerprint density at radius 3 is 2.24 bits per heavy atom. The van der Waals surface area contributed by atoms with Crippen molar-refractivity contribution in [3.63, 3.8) is 0 Å². The van der Waals surface area contributed by atoms with Crippen molar-refractivity contribution in [2.75, 3.05) is 18.8 Å². The molecule has 1 amide bonds. The minimum absolute atomic E-state index is 0.356. The van der Waals surface area contributed by atoms with Crippen molar-refractivity contribution in [3.8, 4) is 5.75 Å². The summed E-state index contributed by atoms with van der Waals surface area (Å²) in [5, 5.41) is 1.00. The fourth-order valence-corrected chi connectivity index (χ4v) is 4.97. The summed E-state index contributed by atoms with van der Waals surface area (Å²) in [6.07, 6.45) is 1.39. The molecule has 0 aliphatic carbocycles. The quantitative estimate of drug-likeness (QED) is 0.397. The van der Waals surface area contributed by atoms with Crippen LogP contribution in [0.5, 0.6) is 5.75 Å². The number of piperidine rings is 1. The van der Waals surface area contributed by atoms with E-state index in [2.05, 4.69) is 4.98 Å². The van der Waals surface area contributed by atoms with Crippen molar-refractivity contribution in [2.24, 2.45) is 13.0 Å². The normalized spacial score (nSPS) is 14.9. The van der Waals surface area contributed by atoms with Gasteiger partial charge in [-0.2, -0.15) is 13.2 Å². The smallest absolute Gasteiger partial charge is 0.410 e. The van der Waals surface area contributed by atoms with E-state index >= 15 is 0 Å². The number of likely N-dealkylation sites (tertiary alicyclic amines) is 1. The first-order valence-electron chi connectivity index (χ1n) is 11.1. The number of aryl methyl sites for hydroxylation is 1. The molecule has 1 fully saturated rings. The number of amides is 1. The minimum Gasteiger partial charge on any atom is -0.410 e. The van der Waals surface area contributed by atoms with E-state index in [9.17, 15) is 18.0 Å². The second-order valence-corrected chi connectivity index (χ2v) is 9.43. The first-order chi connectivity index (χ1) is 16.3. The molecule has 1 aromatic heterocycles. The lowest BCUT2D eigenvalue weighted by atomic mass is 9.99. The van der Waals surface area contributed by atoms with Gasteiger partial charge in [-0.05, 0) is 60.6 Å². The minimum atomic E-state index is -4.34. The average Bonchev–Trinajstić information content (AvgIpc) is 3.23. The summed E-state index contributed by atoms with van der Waals surface area (Å²) in [5.74, 6) is 1.97. The third-order valence-electron chi connectivity index (χ3n) is 5.92. The van der Waals surface area contributed by atoms with E-state index in [-0.39, 0.29) is 6.09 Å². The van der Waals surface area contributed by atoms with Crippen molar-refractivity contribution in [2.45, 2.75) is 30.6 Å². The number of ether oxygens (including phenoxy) is 1. The van der Waals surface area contributed by atoms with Crippen LogP contribution < -0.4 is 4.74 Å². The van der Waals surface area contributed by atoms with Gasteiger partial charge in [-0.3, -0.25) is 0 Å². The molecule has 5 nitrogen and oxygen atoms in total. The van der Waals surface area contributed by atoms with E-state index in [0.29, 0.717) is 31.2 Å². The third-order valence-corrected chi connectivity index (χ3v) is 7.21. The fourth-order valence-electron chi connectivity index (χ4n) is 3.85. The molecule has 1 saturated heterocycles. The molecule has 0 radical (unpaired) electrons. The van der Waals surface area contributed by atoms with Crippen molar-refractivity contribution in [1.29, 1.82) is 0 Å². The average molecular weight is 490 g/mol. The van der Waals surface area contributed by atoms with Gasteiger partial charge in [0.25, 0.3) is 0 Å². The maximum Gasteiger partial charge on any atom is 0.416 e. The highest BCUT2D eigenvalue weighted by molar-refractivity contribution is 7.99. The molecule has 1 aliphatic heterocycles.